The molecule has 0 saturated heterocycles. The van der Waals surface area contributed by atoms with Crippen LogP contribution in [0.2, 0.25) is 0 Å². The van der Waals surface area contributed by atoms with Crippen molar-refractivity contribution in [1.29, 1.82) is 0 Å². The van der Waals surface area contributed by atoms with Crippen LogP contribution in [0, 0.1) is 0 Å². The molecular formula is C52H51N6NaO7. The minimum atomic E-state index is -0.950. The van der Waals surface area contributed by atoms with Gasteiger partial charge in [0.2, 0.25) is 0 Å². The van der Waals surface area contributed by atoms with Crippen LogP contribution in [-0.4, -0.2) is 50.1 Å². The molecule has 2 aromatic heterocycles. The van der Waals surface area contributed by atoms with E-state index in [4.69, 9.17) is 21.3 Å². The molecule has 0 aliphatic heterocycles. The zero-order valence-corrected chi connectivity index (χ0v) is 39.4. The molecule has 0 fully saturated rings. The standard InChI is InChI=1S/C27H27N3O3.C25H23N3O3.Na.H2O/c1-3-33-26(31)16-20-8-4-5-10-24(20)29-27(32)21-14-23(19-9-6-7-18(13-19)17-28)22-11-12-30(2)25(22)15-21;1-28-10-9-20-21(17-7-4-5-16(11-17)15-26)12-19(13-23(20)28)25(31)27-22-8-3-2-6-18(22)14-24(29)30;;/h4-15H,3,16-17,28H2,1-2H3,(H,29,32);2-13H,14-15,26H2,1H3,(H,27,31)(H,29,30);;1H2/q;;+1;/p-1. The summed E-state index contributed by atoms with van der Waals surface area (Å²) in [6.45, 7) is 2.97. The maximum atomic E-state index is 13.3. The molecule has 2 heterocycles. The number of aryl methyl sites for hydroxylation is 2. The predicted octanol–water partition coefficient (Wildman–Crippen LogP) is 5.67. The molecule has 8 aromatic rings. The SMILES string of the molecule is CCOC(=O)Cc1ccccc1NC(=O)c1cc(-c2cccc(CN)c2)c2ccn(C)c2c1.Cn1ccc2c(-c3cccc(CN)c3)cc(C(=O)Nc3ccccc3CC(=O)O)cc21.[Na+].[OH-]. The van der Waals surface area contributed by atoms with Crippen LogP contribution in [0.25, 0.3) is 44.1 Å². The number of carboxylic acid groups (broad SMARTS) is 1. The van der Waals surface area contributed by atoms with E-state index in [9.17, 15) is 19.2 Å². The van der Waals surface area contributed by atoms with E-state index in [0.29, 0.717) is 53.3 Å². The number of anilines is 2. The summed E-state index contributed by atoms with van der Waals surface area (Å²) in [5.41, 5.74) is 22.9. The summed E-state index contributed by atoms with van der Waals surface area (Å²) in [5.74, 6) is -1.82. The molecular weight excluding hydrogens is 844 g/mol. The molecule has 0 aliphatic rings. The predicted molar refractivity (Wildman–Crippen MR) is 255 cm³/mol. The number of carbonyl (C=O) groups excluding carboxylic acids is 3. The van der Waals surface area contributed by atoms with Crippen LogP contribution >= 0.6 is 0 Å². The van der Waals surface area contributed by atoms with E-state index < -0.39 is 5.97 Å². The van der Waals surface area contributed by atoms with Gasteiger partial charge >= 0.3 is 41.5 Å². The van der Waals surface area contributed by atoms with Crippen molar-refractivity contribution in [3.05, 3.63) is 179 Å². The molecule has 0 bridgehead atoms. The van der Waals surface area contributed by atoms with Gasteiger partial charge in [-0.3, -0.25) is 19.2 Å². The number of nitrogens with two attached hydrogens (primary N) is 2. The van der Waals surface area contributed by atoms with E-state index in [0.717, 1.165) is 55.2 Å². The zero-order valence-electron chi connectivity index (χ0n) is 37.4. The van der Waals surface area contributed by atoms with Gasteiger partial charge in [-0.15, -0.1) is 0 Å². The number of nitrogens with zero attached hydrogens (tertiary/aromatic N) is 2. The number of esters is 1. The molecule has 0 radical (unpaired) electrons. The molecule has 8 N–H and O–H groups in total. The summed E-state index contributed by atoms with van der Waals surface area (Å²) in [5, 5.41) is 17.1. The molecule has 6 aromatic carbocycles. The van der Waals surface area contributed by atoms with Crippen LogP contribution in [-0.2, 0) is 54.4 Å². The maximum absolute atomic E-state index is 13.3. The van der Waals surface area contributed by atoms with Crippen molar-refractivity contribution in [2.45, 2.75) is 32.9 Å². The van der Waals surface area contributed by atoms with Gasteiger partial charge in [0, 0.05) is 83.9 Å². The summed E-state index contributed by atoms with van der Waals surface area (Å²) in [7, 11) is 3.89. The third-order valence-corrected chi connectivity index (χ3v) is 11.0. The van der Waals surface area contributed by atoms with Crippen LogP contribution < -0.4 is 51.7 Å². The number of hydrogen-bond acceptors (Lipinski definition) is 8. The molecule has 2 amide bonds. The largest absolute Gasteiger partial charge is 1.00 e. The Morgan fingerprint density at radius 3 is 1.45 bits per heavy atom. The first-order chi connectivity index (χ1) is 31.0. The summed E-state index contributed by atoms with van der Waals surface area (Å²) < 4.78 is 9.03. The number of rotatable bonds is 13. The molecule has 13 nitrogen and oxygen atoms in total. The fourth-order valence-corrected chi connectivity index (χ4v) is 7.73. The van der Waals surface area contributed by atoms with Crippen molar-refractivity contribution in [1.82, 2.24) is 9.13 Å². The number of ether oxygens (including phenoxy) is 1. The Hall–Kier alpha value is -6.84. The Kier molecular flexibility index (Phi) is 17.4. The van der Waals surface area contributed by atoms with Crippen molar-refractivity contribution in [2.24, 2.45) is 25.6 Å². The third-order valence-electron chi connectivity index (χ3n) is 11.0. The first-order valence-corrected chi connectivity index (χ1v) is 20.9. The van der Waals surface area contributed by atoms with Crippen molar-refractivity contribution >= 4 is 56.9 Å². The molecule has 0 unspecified atom stereocenters. The molecule has 14 heteroatoms. The Balaban J connectivity index is 0.000000241. The van der Waals surface area contributed by atoms with Crippen molar-refractivity contribution in [2.75, 3.05) is 17.2 Å². The van der Waals surface area contributed by atoms with Crippen LogP contribution in [0.4, 0.5) is 11.4 Å². The molecule has 0 atom stereocenters. The fraction of sp³-hybridized carbons (Fsp3) is 0.154. The Bertz CT molecular complexity index is 3030. The molecule has 332 valence electrons. The van der Waals surface area contributed by atoms with Crippen molar-refractivity contribution in [3.63, 3.8) is 0 Å². The molecule has 0 saturated carbocycles. The van der Waals surface area contributed by atoms with Crippen molar-refractivity contribution < 1.29 is 64.1 Å². The summed E-state index contributed by atoms with van der Waals surface area (Å²) in [6, 6.07) is 41.8. The number of aromatic nitrogens is 2. The number of carbonyl (C=O) groups is 4. The monoisotopic (exact) mass is 894 g/mol. The quantitative estimate of drug-likeness (QED) is 0.0711. The zero-order chi connectivity index (χ0) is 45.3. The van der Waals surface area contributed by atoms with Crippen LogP contribution in [0.15, 0.2) is 146 Å². The minimum Gasteiger partial charge on any atom is -0.870 e. The van der Waals surface area contributed by atoms with Crippen LogP contribution in [0.1, 0.15) is 49.9 Å². The average Bonchev–Trinajstić information content (AvgIpc) is 3.88. The smallest absolute Gasteiger partial charge is 0.870 e. The number of carboxylic acids is 1. The Labute approximate surface area is 405 Å². The topological polar surface area (TPSA) is 214 Å². The average molecular weight is 895 g/mol. The van der Waals surface area contributed by atoms with E-state index in [1.807, 2.05) is 127 Å². The van der Waals surface area contributed by atoms with Gasteiger partial charge in [0.25, 0.3) is 11.8 Å². The number of benzene rings is 6. The van der Waals surface area contributed by atoms with E-state index >= 15 is 0 Å². The van der Waals surface area contributed by atoms with Crippen molar-refractivity contribution in [3.8, 4) is 22.3 Å². The van der Waals surface area contributed by atoms with E-state index in [2.05, 4.69) is 22.8 Å². The number of fused-ring (bicyclic) bond motifs is 2. The van der Waals surface area contributed by atoms with Gasteiger partial charge in [0.15, 0.2) is 0 Å². The second-order valence-electron chi connectivity index (χ2n) is 15.4. The number of para-hydroxylation sites is 2. The van der Waals surface area contributed by atoms with Crippen LogP contribution in [0.3, 0.4) is 0 Å². The molecule has 0 spiro atoms. The van der Waals surface area contributed by atoms with E-state index in [1.54, 1.807) is 37.3 Å². The summed E-state index contributed by atoms with van der Waals surface area (Å²) in [4.78, 5) is 49.6. The molecule has 66 heavy (non-hydrogen) atoms. The maximum Gasteiger partial charge on any atom is 1.00 e. The normalized spacial score (nSPS) is 10.6. The number of aliphatic carboxylic acids is 1. The number of hydrogen-bond donors (Lipinski definition) is 5. The fourth-order valence-electron chi connectivity index (χ4n) is 7.73. The molecule has 0 aliphatic carbocycles. The van der Waals surface area contributed by atoms with E-state index in [-0.39, 0.29) is 65.7 Å². The van der Waals surface area contributed by atoms with Gasteiger partial charge in [-0.05, 0) is 112 Å². The van der Waals surface area contributed by atoms with Gasteiger partial charge < -0.3 is 46.6 Å². The molecule has 8 rings (SSSR count). The van der Waals surface area contributed by atoms with Crippen LogP contribution in [0.5, 0.6) is 0 Å². The van der Waals surface area contributed by atoms with Gasteiger partial charge in [-0.2, -0.15) is 0 Å². The number of nitrogens with one attached hydrogen (secondary N) is 2. The Morgan fingerprint density at radius 2 is 1.03 bits per heavy atom. The first-order valence-electron chi connectivity index (χ1n) is 20.9. The van der Waals surface area contributed by atoms with Gasteiger partial charge in [-0.1, -0.05) is 72.8 Å². The van der Waals surface area contributed by atoms with Gasteiger partial charge in [-0.25, -0.2) is 0 Å². The summed E-state index contributed by atoms with van der Waals surface area (Å²) >= 11 is 0. The summed E-state index contributed by atoms with van der Waals surface area (Å²) in [6.07, 6.45) is 3.88. The van der Waals surface area contributed by atoms with Gasteiger partial charge in [0.05, 0.1) is 19.4 Å². The minimum absolute atomic E-state index is 0. The second kappa shape index (κ2) is 22.9. The first kappa shape index (κ1) is 50.2. The van der Waals surface area contributed by atoms with Gasteiger partial charge in [0.1, 0.15) is 0 Å². The Morgan fingerprint density at radius 1 is 0.591 bits per heavy atom. The third kappa shape index (κ3) is 11.7. The number of amides is 2. The van der Waals surface area contributed by atoms with E-state index in [1.165, 1.54) is 0 Å². The second-order valence-corrected chi connectivity index (χ2v) is 15.4.